The van der Waals surface area contributed by atoms with Gasteiger partial charge < -0.3 is 15.4 Å². The van der Waals surface area contributed by atoms with E-state index in [9.17, 15) is 0 Å². The van der Waals surface area contributed by atoms with Crippen LogP contribution in [0.15, 0.2) is 18.2 Å². The van der Waals surface area contributed by atoms with E-state index in [2.05, 4.69) is 22.8 Å². The third-order valence-electron chi connectivity index (χ3n) is 3.95. The lowest BCUT2D eigenvalue weighted by Crippen LogP contribution is -2.44. The topological polar surface area (TPSA) is 33.3 Å². The number of nitrogens with one attached hydrogen (secondary N) is 2. The maximum Gasteiger partial charge on any atom is 0.0536 e. The minimum absolute atomic E-state index is 0.233. The Kier molecular flexibility index (Phi) is 5.08. The van der Waals surface area contributed by atoms with Crippen molar-refractivity contribution in [2.75, 3.05) is 38.7 Å². The molecule has 1 aliphatic heterocycles. The smallest absolute Gasteiger partial charge is 0.0536 e. The summed E-state index contributed by atoms with van der Waals surface area (Å²) < 4.78 is 5.42. The summed E-state index contributed by atoms with van der Waals surface area (Å²) in [5, 5.41) is 7.74. The summed E-state index contributed by atoms with van der Waals surface area (Å²) in [6, 6.07) is 6.14. The number of rotatable bonds is 5. The summed E-state index contributed by atoms with van der Waals surface area (Å²) in [6.45, 7) is 5.90. The SMILES string of the molecule is COCC1(CNc2ccc(C)c(Cl)c2)CCNCC1. The lowest BCUT2D eigenvalue weighted by Gasteiger charge is -2.37. The number of piperidine rings is 1. The number of methoxy groups -OCH3 is 1. The van der Waals surface area contributed by atoms with Crippen LogP contribution in [0.25, 0.3) is 0 Å². The van der Waals surface area contributed by atoms with Gasteiger partial charge in [0.15, 0.2) is 0 Å². The zero-order valence-corrected chi connectivity index (χ0v) is 12.5. The zero-order valence-electron chi connectivity index (χ0n) is 11.8. The van der Waals surface area contributed by atoms with Gasteiger partial charge in [-0.3, -0.25) is 0 Å². The molecule has 0 amide bonds. The van der Waals surface area contributed by atoms with Gasteiger partial charge >= 0.3 is 0 Å². The maximum atomic E-state index is 6.16. The highest BCUT2D eigenvalue weighted by molar-refractivity contribution is 6.31. The fraction of sp³-hybridized carbons (Fsp3) is 0.600. The molecule has 0 unspecified atom stereocenters. The van der Waals surface area contributed by atoms with Gasteiger partial charge in [-0.15, -0.1) is 0 Å². The lowest BCUT2D eigenvalue weighted by atomic mass is 9.79. The fourth-order valence-electron chi connectivity index (χ4n) is 2.63. The second-order valence-corrected chi connectivity index (χ2v) is 5.91. The average Bonchev–Trinajstić information content (AvgIpc) is 2.42. The summed E-state index contributed by atoms with van der Waals surface area (Å²) in [6.07, 6.45) is 2.29. The van der Waals surface area contributed by atoms with E-state index in [0.717, 1.165) is 55.4 Å². The number of ether oxygens (including phenoxy) is 1. The Hall–Kier alpha value is -0.770. The maximum absolute atomic E-state index is 6.16. The monoisotopic (exact) mass is 282 g/mol. The molecule has 1 fully saturated rings. The first-order valence-electron chi connectivity index (χ1n) is 6.85. The summed E-state index contributed by atoms with van der Waals surface area (Å²) in [5.74, 6) is 0. The zero-order chi connectivity index (χ0) is 13.7. The number of hydrogen-bond donors (Lipinski definition) is 2. The van der Waals surface area contributed by atoms with Crippen molar-refractivity contribution in [3.05, 3.63) is 28.8 Å². The van der Waals surface area contributed by atoms with Crippen molar-refractivity contribution in [3.63, 3.8) is 0 Å². The summed E-state index contributed by atoms with van der Waals surface area (Å²) in [5.41, 5.74) is 2.43. The lowest BCUT2D eigenvalue weighted by molar-refractivity contribution is 0.0636. The predicted molar refractivity (Wildman–Crippen MR) is 81.1 cm³/mol. The average molecular weight is 283 g/mol. The van der Waals surface area contributed by atoms with E-state index in [0.29, 0.717) is 0 Å². The van der Waals surface area contributed by atoms with E-state index >= 15 is 0 Å². The summed E-state index contributed by atoms with van der Waals surface area (Å²) in [4.78, 5) is 0. The molecule has 0 bridgehead atoms. The molecule has 1 aromatic rings. The van der Waals surface area contributed by atoms with Gasteiger partial charge in [-0.2, -0.15) is 0 Å². The first-order chi connectivity index (χ1) is 9.15. The quantitative estimate of drug-likeness (QED) is 0.871. The molecular weight excluding hydrogens is 260 g/mol. The van der Waals surface area contributed by atoms with Gasteiger partial charge in [-0.25, -0.2) is 0 Å². The molecule has 4 heteroatoms. The molecular formula is C15H23ClN2O. The minimum atomic E-state index is 0.233. The fourth-order valence-corrected chi connectivity index (χ4v) is 2.81. The number of benzene rings is 1. The molecule has 1 aliphatic rings. The second-order valence-electron chi connectivity index (χ2n) is 5.50. The largest absolute Gasteiger partial charge is 0.384 e. The van der Waals surface area contributed by atoms with Crippen molar-refractivity contribution < 1.29 is 4.74 Å². The van der Waals surface area contributed by atoms with Crippen LogP contribution >= 0.6 is 11.6 Å². The molecule has 0 atom stereocenters. The van der Waals surface area contributed by atoms with E-state index in [4.69, 9.17) is 16.3 Å². The molecule has 0 aromatic heterocycles. The number of anilines is 1. The van der Waals surface area contributed by atoms with Crippen LogP contribution in [0, 0.1) is 12.3 Å². The molecule has 2 rings (SSSR count). The van der Waals surface area contributed by atoms with Gasteiger partial charge in [0.2, 0.25) is 0 Å². The van der Waals surface area contributed by atoms with Gasteiger partial charge in [0.1, 0.15) is 0 Å². The standard InChI is InChI=1S/C15H23ClN2O/c1-12-3-4-13(9-14(12)16)18-10-15(11-19-2)5-7-17-8-6-15/h3-4,9,17-18H,5-8,10-11H2,1-2H3. The molecule has 0 radical (unpaired) electrons. The molecule has 0 aliphatic carbocycles. The van der Waals surface area contributed by atoms with Crippen molar-refractivity contribution in [2.45, 2.75) is 19.8 Å². The Morgan fingerprint density at radius 1 is 1.37 bits per heavy atom. The Balaban J connectivity index is 1.99. The van der Waals surface area contributed by atoms with E-state index < -0.39 is 0 Å². The van der Waals surface area contributed by atoms with Gasteiger partial charge in [0.05, 0.1) is 6.61 Å². The minimum Gasteiger partial charge on any atom is -0.384 e. The molecule has 3 nitrogen and oxygen atoms in total. The van der Waals surface area contributed by atoms with Gasteiger partial charge in [0.25, 0.3) is 0 Å². The Morgan fingerprint density at radius 3 is 2.74 bits per heavy atom. The number of halogens is 1. The number of hydrogen-bond acceptors (Lipinski definition) is 3. The van der Waals surface area contributed by atoms with Crippen molar-refractivity contribution >= 4 is 17.3 Å². The highest BCUT2D eigenvalue weighted by Gasteiger charge is 2.31. The Bertz CT molecular complexity index is 411. The Labute approximate surface area is 120 Å². The van der Waals surface area contributed by atoms with Crippen LogP contribution in [-0.2, 0) is 4.74 Å². The van der Waals surface area contributed by atoms with Crippen molar-refractivity contribution in [2.24, 2.45) is 5.41 Å². The van der Waals surface area contributed by atoms with Gasteiger partial charge in [-0.1, -0.05) is 17.7 Å². The molecule has 2 N–H and O–H groups in total. The Morgan fingerprint density at radius 2 is 2.11 bits per heavy atom. The van der Waals surface area contributed by atoms with Gasteiger partial charge in [-0.05, 0) is 50.6 Å². The summed E-state index contributed by atoms with van der Waals surface area (Å²) in [7, 11) is 1.78. The molecule has 1 heterocycles. The molecule has 0 saturated carbocycles. The van der Waals surface area contributed by atoms with Gasteiger partial charge in [0, 0.05) is 29.8 Å². The van der Waals surface area contributed by atoms with Crippen molar-refractivity contribution in [1.29, 1.82) is 0 Å². The van der Waals surface area contributed by atoms with E-state index in [1.807, 2.05) is 13.0 Å². The van der Waals surface area contributed by atoms with Crippen LogP contribution in [0.2, 0.25) is 5.02 Å². The number of aryl methyl sites for hydroxylation is 1. The first kappa shape index (κ1) is 14.6. The molecule has 1 aromatic carbocycles. The molecule has 1 saturated heterocycles. The van der Waals surface area contributed by atoms with E-state index in [1.165, 1.54) is 0 Å². The van der Waals surface area contributed by atoms with Crippen molar-refractivity contribution in [3.8, 4) is 0 Å². The third-order valence-corrected chi connectivity index (χ3v) is 4.36. The van der Waals surface area contributed by atoms with Crippen molar-refractivity contribution in [1.82, 2.24) is 5.32 Å². The second kappa shape index (κ2) is 6.60. The van der Waals surface area contributed by atoms with Crippen LogP contribution < -0.4 is 10.6 Å². The highest BCUT2D eigenvalue weighted by atomic mass is 35.5. The normalized spacial score (nSPS) is 18.3. The summed E-state index contributed by atoms with van der Waals surface area (Å²) >= 11 is 6.16. The van der Waals surface area contributed by atoms with Crippen LogP contribution in [0.3, 0.4) is 0 Å². The highest BCUT2D eigenvalue weighted by Crippen LogP contribution is 2.30. The van der Waals surface area contributed by atoms with E-state index in [-0.39, 0.29) is 5.41 Å². The van der Waals surface area contributed by atoms with Crippen LogP contribution in [-0.4, -0.2) is 33.4 Å². The van der Waals surface area contributed by atoms with E-state index in [1.54, 1.807) is 7.11 Å². The van der Waals surface area contributed by atoms with Crippen LogP contribution in [0.5, 0.6) is 0 Å². The molecule has 0 spiro atoms. The molecule has 19 heavy (non-hydrogen) atoms. The van der Waals surface area contributed by atoms with Crippen LogP contribution in [0.4, 0.5) is 5.69 Å². The predicted octanol–water partition coefficient (Wildman–Crippen LogP) is 3.08. The molecule has 106 valence electrons. The third kappa shape index (κ3) is 3.85. The van der Waals surface area contributed by atoms with Crippen LogP contribution in [0.1, 0.15) is 18.4 Å². The first-order valence-corrected chi connectivity index (χ1v) is 7.23.